The van der Waals surface area contributed by atoms with Crippen molar-refractivity contribution in [1.29, 1.82) is 5.41 Å². The van der Waals surface area contributed by atoms with E-state index in [4.69, 9.17) is 9.97 Å². The zero-order chi connectivity index (χ0) is 25.1. The number of anilines is 2. The van der Waals surface area contributed by atoms with E-state index in [-0.39, 0.29) is 11.5 Å². The topological polar surface area (TPSA) is 80.2 Å². The molecule has 2 aliphatic carbocycles. The number of allylic oxidation sites excluding steroid dienone is 3. The van der Waals surface area contributed by atoms with Crippen molar-refractivity contribution in [2.24, 2.45) is 5.92 Å². The summed E-state index contributed by atoms with van der Waals surface area (Å²) in [6.45, 7) is 15.7. The summed E-state index contributed by atoms with van der Waals surface area (Å²) >= 11 is 0. The van der Waals surface area contributed by atoms with E-state index >= 15 is 0 Å². The fourth-order valence-electron chi connectivity index (χ4n) is 6.17. The van der Waals surface area contributed by atoms with Gasteiger partial charge in [-0.25, -0.2) is 4.98 Å². The molecule has 3 N–H and O–H groups in total. The summed E-state index contributed by atoms with van der Waals surface area (Å²) in [6, 6.07) is 2.20. The van der Waals surface area contributed by atoms with Gasteiger partial charge in [0, 0.05) is 62.5 Å². The minimum absolute atomic E-state index is 0.190. The molecule has 1 spiro atoms. The Hall–Kier alpha value is -2.25. The maximum atomic E-state index is 9.24. The highest BCUT2D eigenvalue weighted by molar-refractivity contribution is 6.06. The Balaban J connectivity index is 1.53. The molecule has 2 saturated heterocycles. The van der Waals surface area contributed by atoms with E-state index in [9.17, 15) is 5.41 Å². The molecular formula is C29H45N7. The highest BCUT2D eigenvalue weighted by Gasteiger charge is 2.46. The third-order valence-corrected chi connectivity index (χ3v) is 8.62. The molecular weight excluding hydrogens is 446 g/mol. The number of nitrogens with one attached hydrogen (secondary N) is 3. The molecule has 7 heteroatoms. The predicted molar refractivity (Wildman–Crippen MR) is 150 cm³/mol. The Kier molecular flexibility index (Phi) is 7.77. The first-order valence-corrected chi connectivity index (χ1v) is 14.3. The average Bonchev–Trinajstić information content (AvgIpc) is 3.70. The third-order valence-electron chi connectivity index (χ3n) is 8.62. The molecule has 1 atom stereocenters. The van der Waals surface area contributed by atoms with Gasteiger partial charge in [0.1, 0.15) is 5.82 Å². The van der Waals surface area contributed by atoms with Crippen molar-refractivity contribution >= 4 is 23.1 Å². The van der Waals surface area contributed by atoms with Crippen LogP contribution in [0.2, 0.25) is 0 Å². The Bertz CT molecular complexity index is 1000. The van der Waals surface area contributed by atoms with Gasteiger partial charge in [0.2, 0.25) is 5.95 Å². The van der Waals surface area contributed by atoms with E-state index in [1.54, 1.807) is 0 Å². The molecule has 36 heavy (non-hydrogen) atoms. The van der Waals surface area contributed by atoms with Crippen LogP contribution in [0.5, 0.6) is 0 Å². The lowest BCUT2D eigenvalue weighted by Crippen LogP contribution is -2.52. The van der Waals surface area contributed by atoms with Crippen molar-refractivity contribution in [3.8, 4) is 0 Å². The van der Waals surface area contributed by atoms with Crippen LogP contribution in [0.1, 0.15) is 77.3 Å². The summed E-state index contributed by atoms with van der Waals surface area (Å²) in [4.78, 5) is 15.1. The quantitative estimate of drug-likeness (QED) is 0.383. The van der Waals surface area contributed by atoms with Crippen molar-refractivity contribution in [3.05, 3.63) is 29.5 Å². The molecule has 0 radical (unpaired) electrons. The van der Waals surface area contributed by atoms with E-state index in [0.717, 1.165) is 112 Å². The van der Waals surface area contributed by atoms with Crippen LogP contribution in [0.15, 0.2) is 23.8 Å². The minimum atomic E-state index is 0.190. The largest absolute Gasteiger partial charge is 0.353 e. The Morgan fingerprint density at radius 3 is 2.72 bits per heavy atom. The SMILES string of the molecule is C=C1CCCC[C@@H]1C(=N)/C(CCC)=C(\C)c1cc(N2CCNC3(CC3)C2)nc(N2CCCNCC2)n1. The molecule has 196 valence electrons. The van der Waals surface area contributed by atoms with Gasteiger partial charge in [-0.15, -0.1) is 0 Å². The van der Waals surface area contributed by atoms with Crippen LogP contribution >= 0.6 is 0 Å². The predicted octanol–water partition coefficient (Wildman–Crippen LogP) is 4.56. The first-order valence-electron chi connectivity index (χ1n) is 14.3. The van der Waals surface area contributed by atoms with Crippen LogP contribution in [0.3, 0.4) is 0 Å². The summed E-state index contributed by atoms with van der Waals surface area (Å²) in [5.74, 6) is 2.08. The van der Waals surface area contributed by atoms with Gasteiger partial charge >= 0.3 is 0 Å². The lowest BCUT2D eigenvalue weighted by atomic mass is 9.78. The first-order chi connectivity index (χ1) is 17.5. The molecule has 0 unspecified atom stereocenters. The molecule has 0 bridgehead atoms. The number of hydrogen-bond acceptors (Lipinski definition) is 7. The molecule has 2 saturated carbocycles. The van der Waals surface area contributed by atoms with Gasteiger partial charge in [0.05, 0.1) is 5.69 Å². The molecule has 0 amide bonds. The van der Waals surface area contributed by atoms with Crippen LogP contribution in [0.4, 0.5) is 11.8 Å². The number of nitrogens with zero attached hydrogens (tertiary/aromatic N) is 4. The summed E-state index contributed by atoms with van der Waals surface area (Å²) in [5, 5.41) is 16.5. The second-order valence-corrected chi connectivity index (χ2v) is 11.4. The van der Waals surface area contributed by atoms with Crippen LogP contribution < -0.4 is 20.4 Å². The van der Waals surface area contributed by atoms with Gasteiger partial charge < -0.3 is 25.8 Å². The monoisotopic (exact) mass is 491 g/mol. The van der Waals surface area contributed by atoms with Crippen molar-refractivity contribution in [2.75, 3.05) is 55.6 Å². The smallest absolute Gasteiger partial charge is 0.227 e. The molecule has 3 heterocycles. The van der Waals surface area contributed by atoms with Crippen molar-refractivity contribution in [3.63, 3.8) is 0 Å². The maximum absolute atomic E-state index is 9.24. The van der Waals surface area contributed by atoms with Crippen LogP contribution in [-0.4, -0.2) is 67.0 Å². The molecule has 1 aromatic rings. The normalized spacial score (nSPS) is 24.9. The molecule has 1 aromatic heterocycles. The van der Waals surface area contributed by atoms with Gasteiger partial charge in [-0.2, -0.15) is 4.98 Å². The third kappa shape index (κ3) is 5.52. The lowest BCUT2D eigenvalue weighted by molar-refractivity contribution is 0.440. The molecule has 0 aromatic carbocycles. The Labute approximate surface area is 217 Å². The van der Waals surface area contributed by atoms with Gasteiger partial charge in [0.15, 0.2) is 0 Å². The summed E-state index contributed by atoms with van der Waals surface area (Å²) in [6.07, 6.45) is 10.1. The van der Waals surface area contributed by atoms with Crippen molar-refractivity contribution in [1.82, 2.24) is 20.6 Å². The van der Waals surface area contributed by atoms with E-state index < -0.39 is 0 Å². The number of piperazine rings is 1. The van der Waals surface area contributed by atoms with Crippen molar-refractivity contribution < 1.29 is 0 Å². The standard InChI is InChI=1S/C29H45N7/c1-4-8-24(27(30)23-10-6-5-9-21(23)2)22(3)25-19-26(36-18-15-32-29(20-36)11-12-29)34-28(33-25)35-16-7-13-31-14-17-35/h19,23,30-32H,2,4-18,20H2,1,3H3/b24-22+,30-27?/t23-/m0/s1. The second kappa shape index (κ2) is 11.0. The number of rotatable bonds is 7. The summed E-state index contributed by atoms with van der Waals surface area (Å²) in [7, 11) is 0. The lowest BCUT2D eigenvalue weighted by Gasteiger charge is -2.35. The highest BCUT2D eigenvalue weighted by Crippen LogP contribution is 2.39. The molecule has 5 rings (SSSR count). The Morgan fingerprint density at radius 2 is 1.94 bits per heavy atom. The van der Waals surface area contributed by atoms with Crippen LogP contribution in [0, 0.1) is 11.3 Å². The number of hydrogen-bond donors (Lipinski definition) is 3. The Morgan fingerprint density at radius 1 is 1.11 bits per heavy atom. The second-order valence-electron chi connectivity index (χ2n) is 11.4. The molecule has 4 fully saturated rings. The summed E-state index contributed by atoms with van der Waals surface area (Å²) < 4.78 is 0. The molecule has 4 aliphatic rings. The van der Waals surface area contributed by atoms with E-state index in [1.165, 1.54) is 31.3 Å². The van der Waals surface area contributed by atoms with E-state index in [2.05, 4.69) is 46.9 Å². The van der Waals surface area contributed by atoms with Crippen LogP contribution in [0.25, 0.3) is 5.57 Å². The fraction of sp³-hybridized carbons (Fsp3) is 0.690. The van der Waals surface area contributed by atoms with Gasteiger partial charge in [-0.3, -0.25) is 0 Å². The maximum Gasteiger partial charge on any atom is 0.227 e. The van der Waals surface area contributed by atoms with Gasteiger partial charge in [0.25, 0.3) is 0 Å². The van der Waals surface area contributed by atoms with Crippen molar-refractivity contribution in [2.45, 2.75) is 77.2 Å². The first kappa shape index (κ1) is 25.4. The minimum Gasteiger partial charge on any atom is -0.353 e. The summed E-state index contributed by atoms with van der Waals surface area (Å²) in [5.41, 5.74) is 5.61. The van der Waals surface area contributed by atoms with E-state index in [1.807, 2.05) is 0 Å². The zero-order valence-corrected chi connectivity index (χ0v) is 22.5. The number of aromatic nitrogens is 2. The van der Waals surface area contributed by atoms with Gasteiger partial charge in [-0.05, 0) is 69.6 Å². The van der Waals surface area contributed by atoms with E-state index in [0.29, 0.717) is 0 Å². The van der Waals surface area contributed by atoms with Gasteiger partial charge in [-0.1, -0.05) is 31.9 Å². The van der Waals surface area contributed by atoms with Crippen LogP contribution in [-0.2, 0) is 0 Å². The highest BCUT2D eigenvalue weighted by atomic mass is 15.3. The average molecular weight is 492 g/mol. The fourth-order valence-corrected chi connectivity index (χ4v) is 6.17. The molecule has 2 aliphatic heterocycles. The zero-order valence-electron chi connectivity index (χ0n) is 22.5. The molecule has 7 nitrogen and oxygen atoms in total.